The fraction of sp³-hybridized carbons (Fsp3) is 0.333. The Labute approximate surface area is 118 Å². The monoisotopic (exact) mass is 273 g/mol. The van der Waals surface area contributed by atoms with Crippen LogP contribution < -0.4 is 4.90 Å². The van der Waals surface area contributed by atoms with Gasteiger partial charge in [-0.2, -0.15) is 0 Å². The van der Waals surface area contributed by atoms with E-state index in [0.29, 0.717) is 12.1 Å². The molecule has 0 spiro atoms. The van der Waals surface area contributed by atoms with Crippen molar-refractivity contribution in [1.29, 1.82) is 0 Å². The van der Waals surface area contributed by atoms with E-state index in [1.807, 2.05) is 56.3 Å². The third kappa shape index (κ3) is 3.17. The summed E-state index contributed by atoms with van der Waals surface area (Å²) in [5.74, 6) is 0.713. The Morgan fingerprint density at radius 2 is 2.00 bits per heavy atom. The van der Waals surface area contributed by atoms with Crippen LogP contribution in [0.1, 0.15) is 21.8 Å². The second kappa shape index (κ2) is 5.77. The van der Waals surface area contributed by atoms with Crippen LogP contribution >= 0.6 is 0 Å². The summed E-state index contributed by atoms with van der Waals surface area (Å²) < 4.78 is 5.01. The molecule has 0 aliphatic carbocycles. The van der Waals surface area contributed by atoms with Gasteiger partial charge in [-0.3, -0.25) is 4.79 Å². The van der Waals surface area contributed by atoms with Gasteiger partial charge >= 0.3 is 0 Å². The first-order chi connectivity index (χ1) is 9.47. The number of amides is 1. The van der Waals surface area contributed by atoms with Crippen molar-refractivity contribution < 1.29 is 9.32 Å². The van der Waals surface area contributed by atoms with E-state index in [9.17, 15) is 4.79 Å². The number of aryl methyl sites for hydroxylation is 1. The largest absolute Gasteiger partial charge is 0.378 e. The zero-order valence-corrected chi connectivity index (χ0v) is 12.3. The molecular formula is C15H19N3O2. The van der Waals surface area contributed by atoms with Gasteiger partial charge in [0.05, 0.1) is 6.54 Å². The number of rotatable bonds is 4. The lowest BCUT2D eigenvalue weighted by atomic mass is 10.1. The molecule has 5 nitrogen and oxygen atoms in total. The number of nitrogens with zero attached hydrogens (tertiary/aromatic N) is 3. The molecule has 0 unspecified atom stereocenters. The first-order valence-corrected chi connectivity index (χ1v) is 6.42. The smallest absolute Gasteiger partial charge is 0.254 e. The summed E-state index contributed by atoms with van der Waals surface area (Å²) in [6.45, 7) is 2.27. The van der Waals surface area contributed by atoms with Crippen LogP contribution in [0.5, 0.6) is 0 Å². The molecule has 20 heavy (non-hydrogen) atoms. The van der Waals surface area contributed by atoms with Crippen molar-refractivity contribution in [2.24, 2.45) is 0 Å². The molecule has 0 aliphatic rings. The number of benzene rings is 1. The molecule has 1 heterocycles. The van der Waals surface area contributed by atoms with Gasteiger partial charge in [0.1, 0.15) is 11.5 Å². The van der Waals surface area contributed by atoms with Gasteiger partial charge in [-0.05, 0) is 25.1 Å². The van der Waals surface area contributed by atoms with E-state index < -0.39 is 0 Å². The molecule has 1 aromatic heterocycles. The number of carbonyl (C=O) groups is 1. The molecule has 0 atom stereocenters. The molecule has 106 valence electrons. The third-order valence-corrected chi connectivity index (χ3v) is 3.03. The first kappa shape index (κ1) is 14.1. The summed E-state index contributed by atoms with van der Waals surface area (Å²) in [6, 6.07) is 9.39. The molecule has 0 fully saturated rings. The number of carbonyl (C=O) groups excluding carboxylic acids is 1. The molecule has 2 rings (SSSR count). The highest BCUT2D eigenvalue weighted by Crippen LogP contribution is 2.15. The normalized spacial score (nSPS) is 10.4. The van der Waals surface area contributed by atoms with Crippen molar-refractivity contribution in [2.75, 3.05) is 26.0 Å². The number of hydrogen-bond donors (Lipinski definition) is 0. The van der Waals surface area contributed by atoms with Gasteiger partial charge in [0, 0.05) is 38.5 Å². The molecule has 1 aromatic carbocycles. The lowest BCUT2D eigenvalue weighted by molar-refractivity contribution is 0.0782. The van der Waals surface area contributed by atoms with E-state index in [1.165, 1.54) is 0 Å². The number of hydrogen-bond acceptors (Lipinski definition) is 4. The minimum Gasteiger partial charge on any atom is -0.378 e. The summed E-state index contributed by atoms with van der Waals surface area (Å²) in [5, 5.41) is 3.90. The second-order valence-corrected chi connectivity index (χ2v) is 5.03. The Kier molecular flexibility index (Phi) is 4.08. The summed E-state index contributed by atoms with van der Waals surface area (Å²) in [5.41, 5.74) is 2.42. The fourth-order valence-corrected chi connectivity index (χ4v) is 1.94. The Morgan fingerprint density at radius 1 is 1.25 bits per heavy atom. The van der Waals surface area contributed by atoms with Crippen molar-refractivity contribution >= 4 is 11.6 Å². The van der Waals surface area contributed by atoms with Gasteiger partial charge in [0.15, 0.2) is 0 Å². The predicted molar refractivity (Wildman–Crippen MR) is 77.8 cm³/mol. The molecule has 2 aromatic rings. The average Bonchev–Trinajstić information content (AvgIpc) is 2.83. The van der Waals surface area contributed by atoms with Gasteiger partial charge in [-0.15, -0.1) is 0 Å². The molecule has 0 N–H and O–H groups in total. The molecule has 0 saturated carbocycles. The van der Waals surface area contributed by atoms with Crippen molar-refractivity contribution in [3.8, 4) is 0 Å². The van der Waals surface area contributed by atoms with E-state index in [4.69, 9.17) is 4.52 Å². The molecule has 0 radical (unpaired) electrons. The average molecular weight is 273 g/mol. The Bertz CT molecular complexity index is 605. The minimum absolute atomic E-state index is 0.0330. The highest BCUT2D eigenvalue weighted by Gasteiger charge is 2.14. The maximum atomic E-state index is 12.4. The maximum absolute atomic E-state index is 12.4. The van der Waals surface area contributed by atoms with Crippen LogP contribution in [0.25, 0.3) is 0 Å². The molecule has 5 heteroatoms. The number of anilines is 1. The SMILES string of the molecule is Cc1cc(CN(C)C(=O)c2cccc(N(C)C)c2)no1. The Morgan fingerprint density at radius 3 is 2.60 bits per heavy atom. The van der Waals surface area contributed by atoms with E-state index in [2.05, 4.69) is 5.16 Å². The zero-order valence-electron chi connectivity index (χ0n) is 12.3. The standard InChI is InChI=1S/C15H19N3O2/c1-11-8-13(16-20-11)10-18(4)15(19)12-6-5-7-14(9-12)17(2)3/h5-9H,10H2,1-4H3. The van der Waals surface area contributed by atoms with Gasteiger partial charge < -0.3 is 14.3 Å². The van der Waals surface area contributed by atoms with Gasteiger partial charge in [0.2, 0.25) is 0 Å². The minimum atomic E-state index is -0.0330. The van der Waals surface area contributed by atoms with Crippen molar-refractivity contribution in [2.45, 2.75) is 13.5 Å². The van der Waals surface area contributed by atoms with Crippen LogP contribution in [0.15, 0.2) is 34.9 Å². The van der Waals surface area contributed by atoms with Gasteiger partial charge in [-0.25, -0.2) is 0 Å². The van der Waals surface area contributed by atoms with E-state index in [1.54, 1.807) is 11.9 Å². The fourth-order valence-electron chi connectivity index (χ4n) is 1.94. The predicted octanol–water partition coefficient (Wildman–Crippen LogP) is 2.32. The second-order valence-electron chi connectivity index (χ2n) is 5.03. The topological polar surface area (TPSA) is 49.6 Å². The third-order valence-electron chi connectivity index (χ3n) is 3.03. The summed E-state index contributed by atoms with van der Waals surface area (Å²) in [6.07, 6.45) is 0. The van der Waals surface area contributed by atoms with Crippen LogP contribution in [0.4, 0.5) is 5.69 Å². The zero-order chi connectivity index (χ0) is 14.7. The Balaban J connectivity index is 2.12. The molecule has 1 amide bonds. The highest BCUT2D eigenvalue weighted by atomic mass is 16.5. The van der Waals surface area contributed by atoms with Gasteiger partial charge in [-0.1, -0.05) is 11.2 Å². The van der Waals surface area contributed by atoms with Crippen molar-refractivity contribution in [1.82, 2.24) is 10.1 Å². The lowest BCUT2D eigenvalue weighted by Gasteiger charge is -2.18. The molecular weight excluding hydrogens is 254 g/mol. The quantitative estimate of drug-likeness (QED) is 0.858. The number of aromatic nitrogens is 1. The van der Waals surface area contributed by atoms with Crippen LogP contribution in [0.2, 0.25) is 0 Å². The summed E-state index contributed by atoms with van der Waals surface area (Å²) in [7, 11) is 5.66. The highest BCUT2D eigenvalue weighted by molar-refractivity contribution is 5.94. The van der Waals surface area contributed by atoms with Crippen molar-refractivity contribution in [3.63, 3.8) is 0 Å². The van der Waals surface area contributed by atoms with E-state index in [0.717, 1.165) is 17.1 Å². The van der Waals surface area contributed by atoms with E-state index >= 15 is 0 Å². The Hall–Kier alpha value is -2.30. The van der Waals surface area contributed by atoms with Crippen molar-refractivity contribution in [3.05, 3.63) is 47.3 Å². The lowest BCUT2D eigenvalue weighted by Crippen LogP contribution is -2.26. The van der Waals surface area contributed by atoms with Crippen LogP contribution in [-0.2, 0) is 6.54 Å². The van der Waals surface area contributed by atoms with Crippen LogP contribution in [0.3, 0.4) is 0 Å². The van der Waals surface area contributed by atoms with E-state index in [-0.39, 0.29) is 5.91 Å². The first-order valence-electron chi connectivity index (χ1n) is 6.42. The maximum Gasteiger partial charge on any atom is 0.254 e. The molecule has 0 saturated heterocycles. The molecule has 0 aliphatic heterocycles. The van der Waals surface area contributed by atoms with Gasteiger partial charge in [0.25, 0.3) is 5.91 Å². The summed E-state index contributed by atoms with van der Waals surface area (Å²) in [4.78, 5) is 16.0. The van der Waals surface area contributed by atoms with Crippen LogP contribution in [0, 0.1) is 6.92 Å². The summed E-state index contributed by atoms with van der Waals surface area (Å²) >= 11 is 0. The molecule has 0 bridgehead atoms. The van der Waals surface area contributed by atoms with Crippen LogP contribution in [-0.4, -0.2) is 37.1 Å².